The molecule has 0 fully saturated rings. The van der Waals surface area contributed by atoms with Crippen molar-refractivity contribution < 1.29 is 9.53 Å². The van der Waals surface area contributed by atoms with Gasteiger partial charge in [-0.15, -0.1) is 0 Å². The molecule has 0 saturated heterocycles. The van der Waals surface area contributed by atoms with Crippen LogP contribution < -0.4 is 15.8 Å². The quantitative estimate of drug-likeness (QED) is 0.674. The van der Waals surface area contributed by atoms with Gasteiger partial charge in [-0.3, -0.25) is 9.78 Å². The number of rotatable bonds is 6. The number of hydrogen-bond donors (Lipinski definition) is 2. The summed E-state index contributed by atoms with van der Waals surface area (Å²) in [4.78, 5) is 15.2. The average molecular weight is 379 g/mol. The van der Waals surface area contributed by atoms with Gasteiger partial charge in [0.2, 0.25) is 5.91 Å². The highest BCUT2D eigenvalue weighted by atomic mass is 35.5. The maximum absolute atomic E-state index is 11.2. The lowest BCUT2D eigenvalue weighted by atomic mass is 10.1. The second-order valence-electron chi connectivity index (χ2n) is 5.69. The van der Waals surface area contributed by atoms with Gasteiger partial charge in [0.1, 0.15) is 18.4 Å². The molecule has 3 aromatic rings. The molecule has 1 aromatic heterocycles. The average Bonchev–Trinajstić information content (AvgIpc) is 2.68. The minimum Gasteiger partial charge on any atom is -0.489 e. The van der Waals surface area contributed by atoms with E-state index in [2.05, 4.69) is 10.3 Å². The maximum atomic E-state index is 11.2. The molecule has 0 radical (unpaired) electrons. The first-order valence-electron chi connectivity index (χ1n) is 7.98. The largest absolute Gasteiger partial charge is 0.489 e. The predicted octanol–water partition coefficient (Wildman–Crippen LogP) is 4.03. The Bertz CT molecular complexity index is 1010. The number of carbonyl (C=O) groups excluding carboxylic acids is 1. The van der Waals surface area contributed by atoms with E-state index in [-0.39, 0.29) is 0 Å². The van der Waals surface area contributed by atoms with Crippen LogP contribution in [0.1, 0.15) is 21.5 Å². The molecule has 0 spiro atoms. The zero-order valence-electron chi connectivity index (χ0n) is 14.1. The minimum absolute atomic E-state index is 0.323. The summed E-state index contributed by atoms with van der Waals surface area (Å²) in [6.45, 7) is 0.323. The van der Waals surface area contributed by atoms with Gasteiger partial charge < -0.3 is 15.8 Å². The number of primary amides is 1. The number of pyridine rings is 1. The molecule has 0 aliphatic heterocycles. The van der Waals surface area contributed by atoms with Gasteiger partial charge in [0.25, 0.3) is 0 Å². The van der Waals surface area contributed by atoms with Crippen LogP contribution in [-0.4, -0.2) is 10.9 Å². The first kappa shape index (κ1) is 18.2. The van der Waals surface area contributed by atoms with Crippen molar-refractivity contribution in [3.63, 3.8) is 0 Å². The molecule has 3 rings (SSSR count). The fourth-order valence-electron chi connectivity index (χ4n) is 2.36. The number of nitrogens with two attached hydrogens (primary N) is 1. The second-order valence-corrected chi connectivity index (χ2v) is 6.10. The van der Waals surface area contributed by atoms with E-state index in [9.17, 15) is 4.79 Å². The van der Waals surface area contributed by atoms with Crippen LogP contribution in [0.15, 0.2) is 60.9 Å². The van der Waals surface area contributed by atoms with Crippen LogP contribution in [-0.2, 0) is 6.61 Å². The number of carbonyl (C=O) groups is 1. The molecule has 1 amide bonds. The molecule has 0 aliphatic rings. The topological polar surface area (TPSA) is 101 Å². The van der Waals surface area contributed by atoms with Crippen LogP contribution in [0.3, 0.4) is 0 Å². The number of benzene rings is 2. The van der Waals surface area contributed by atoms with E-state index in [1.807, 2.05) is 36.4 Å². The molecule has 0 saturated carbocycles. The zero-order chi connectivity index (χ0) is 19.2. The zero-order valence-corrected chi connectivity index (χ0v) is 14.9. The predicted molar refractivity (Wildman–Crippen MR) is 103 cm³/mol. The van der Waals surface area contributed by atoms with Crippen LogP contribution in [0, 0.1) is 11.3 Å². The van der Waals surface area contributed by atoms with E-state index in [4.69, 9.17) is 27.3 Å². The lowest BCUT2D eigenvalue weighted by Crippen LogP contribution is -2.11. The second kappa shape index (κ2) is 8.21. The number of halogens is 1. The van der Waals surface area contributed by atoms with Crippen LogP contribution in [0.5, 0.6) is 5.75 Å². The minimum atomic E-state index is -0.531. The van der Waals surface area contributed by atoms with E-state index in [1.165, 1.54) is 6.20 Å². The third kappa shape index (κ3) is 4.75. The Balaban J connectivity index is 1.63. The molecule has 0 unspecified atom stereocenters. The SMILES string of the molecule is N#Cc1cc(COc2ccc(Nc3cncc(C(N)=O)c3)cc2)ccc1Cl. The van der Waals surface area contributed by atoms with Gasteiger partial charge in [-0.05, 0) is 48.0 Å². The smallest absolute Gasteiger partial charge is 0.250 e. The standard InChI is InChI=1S/C20H15ClN4O2/c21-19-6-1-13(7-14(19)9-22)12-27-18-4-2-16(3-5-18)25-17-8-15(20(23)26)10-24-11-17/h1-8,10-11,25H,12H2,(H2,23,26). The van der Waals surface area contributed by atoms with Crippen molar-refractivity contribution in [1.29, 1.82) is 5.26 Å². The highest BCUT2D eigenvalue weighted by Gasteiger charge is 2.04. The van der Waals surface area contributed by atoms with Gasteiger partial charge in [0.05, 0.1) is 28.0 Å². The van der Waals surface area contributed by atoms with Crippen molar-refractivity contribution >= 4 is 28.9 Å². The van der Waals surface area contributed by atoms with E-state index >= 15 is 0 Å². The summed E-state index contributed by atoms with van der Waals surface area (Å²) in [6, 6.07) is 16.2. The normalized spacial score (nSPS) is 10.1. The Labute approximate surface area is 161 Å². The summed E-state index contributed by atoms with van der Waals surface area (Å²) in [5.74, 6) is 0.148. The first-order chi connectivity index (χ1) is 13.0. The van der Waals surface area contributed by atoms with E-state index < -0.39 is 5.91 Å². The highest BCUT2D eigenvalue weighted by molar-refractivity contribution is 6.31. The van der Waals surface area contributed by atoms with Crippen LogP contribution in [0.2, 0.25) is 5.02 Å². The van der Waals surface area contributed by atoms with Crippen molar-refractivity contribution in [2.24, 2.45) is 5.73 Å². The van der Waals surface area contributed by atoms with E-state index in [0.29, 0.717) is 34.2 Å². The van der Waals surface area contributed by atoms with Gasteiger partial charge >= 0.3 is 0 Å². The molecule has 0 bridgehead atoms. The third-order valence-corrected chi connectivity index (χ3v) is 4.05. The van der Waals surface area contributed by atoms with Crippen molar-refractivity contribution in [2.45, 2.75) is 6.61 Å². The molecule has 1 heterocycles. The molecule has 134 valence electrons. The fraction of sp³-hybridized carbons (Fsp3) is 0.0500. The molecular formula is C20H15ClN4O2. The van der Waals surface area contributed by atoms with Gasteiger partial charge in [-0.25, -0.2) is 0 Å². The fourth-order valence-corrected chi connectivity index (χ4v) is 2.52. The summed E-state index contributed by atoms with van der Waals surface area (Å²) in [6.07, 6.45) is 3.02. The monoisotopic (exact) mass is 378 g/mol. The van der Waals surface area contributed by atoms with E-state index in [0.717, 1.165) is 11.3 Å². The van der Waals surface area contributed by atoms with E-state index in [1.54, 1.807) is 24.4 Å². The molecule has 27 heavy (non-hydrogen) atoms. The number of aromatic nitrogens is 1. The Kier molecular flexibility index (Phi) is 5.55. The van der Waals surface area contributed by atoms with Crippen LogP contribution >= 0.6 is 11.6 Å². The first-order valence-corrected chi connectivity index (χ1v) is 8.36. The van der Waals surface area contributed by atoms with Crippen LogP contribution in [0.25, 0.3) is 0 Å². The number of nitrogens with zero attached hydrogens (tertiary/aromatic N) is 2. The Morgan fingerprint density at radius 3 is 2.63 bits per heavy atom. The van der Waals surface area contributed by atoms with Gasteiger partial charge in [0.15, 0.2) is 0 Å². The Hall–Kier alpha value is -3.56. The summed E-state index contributed by atoms with van der Waals surface area (Å²) in [5.41, 5.74) is 8.33. The maximum Gasteiger partial charge on any atom is 0.250 e. The Morgan fingerprint density at radius 2 is 1.93 bits per heavy atom. The van der Waals surface area contributed by atoms with Gasteiger partial charge in [-0.2, -0.15) is 5.26 Å². The van der Waals surface area contributed by atoms with Crippen LogP contribution in [0.4, 0.5) is 11.4 Å². The molecule has 0 aliphatic carbocycles. The summed E-state index contributed by atoms with van der Waals surface area (Å²) < 4.78 is 5.73. The summed E-state index contributed by atoms with van der Waals surface area (Å²) in [5, 5.41) is 12.6. The number of hydrogen-bond acceptors (Lipinski definition) is 5. The Morgan fingerprint density at radius 1 is 1.15 bits per heavy atom. The number of amides is 1. The molecule has 0 atom stereocenters. The number of nitrogens with one attached hydrogen (secondary N) is 1. The molecular weight excluding hydrogens is 364 g/mol. The van der Waals surface area contributed by atoms with Gasteiger partial charge in [0, 0.05) is 11.9 Å². The van der Waals surface area contributed by atoms with Crippen molar-refractivity contribution in [2.75, 3.05) is 5.32 Å². The van der Waals surface area contributed by atoms with Crippen molar-refractivity contribution in [1.82, 2.24) is 4.98 Å². The molecule has 6 nitrogen and oxygen atoms in total. The van der Waals surface area contributed by atoms with Crippen molar-refractivity contribution in [3.05, 3.63) is 82.6 Å². The van der Waals surface area contributed by atoms with Crippen molar-refractivity contribution in [3.8, 4) is 11.8 Å². The molecule has 2 aromatic carbocycles. The summed E-state index contributed by atoms with van der Waals surface area (Å²) in [7, 11) is 0. The summed E-state index contributed by atoms with van der Waals surface area (Å²) >= 11 is 5.92. The molecule has 3 N–H and O–H groups in total. The number of nitriles is 1. The highest BCUT2D eigenvalue weighted by Crippen LogP contribution is 2.22. The lowest BCUT2D eigenvalue weighted by molar-refractivity contribution is 0.1000. The molecule has 7 heteroatoms. The third-order valence-electron chi connectivity index (χ3n) is 3.72. The number of anilines is 2. The van der Waals surface area contributed by atoms with Gasteiger partial charge in [-0.1, -0.05) is 17.7 Å². The lowest BCUT2D eigenvalue weighted by Gasteiger charge is -2.10. The number of ether oxygens (including phenoxy) is 1.